The van der Waals surface area contributed by atoms with Crippen molar-refractivity contribution in [3.8, 4) is 0 Å². The summed E-state index contributed by atoms with van der Waals surface area (Å²) in [6.07, 6.45) is 1.17. The molecule has 5 heteroatoms. The molecule has 0 saturated carbocycles. The van der Waals surface area contributed by atoms with Crippen molar-refractivity contribution in [3.05, 3.63) is 59.7 Å². The fraction of sp³-hybridized carbons (Fsp3) is 0.481. The first-order chi connectivity index (χ1) is 15.2. The van der Waals surface area contributed by atoms with Gasteiger partial charge in [0.15, 0.2) is 0 Å². The van der Waals surface area contributed by atoms with Gasteiger partial charge >= 0.3 is 0 Å². The Morgan fingerprint density at radius 1 is 0.969 bits per heavy atom. The Morgan fingerprint density at radius 3 is 2.16 bits per heavy atom. The minimum atomic E-state index is -0.178. The minimum Gasteiger partial charge on any atom is -0.377 e. The van der Waals surface area contributed by atoms with Crippen LogP contribution in [0.2, 0.25) is 0 Å². The van der Waals surface area contributed by atoms with Crippen LogP contribution in [-0.4, -0.2) is 36.9 Å². The fourth-order valence-electron chi connectivity index (χ4n) is 3.88. The van der Waals surface area contributed by atoms with Crippen molar-refractivity contribution < 1.29 is 9.59 Å². The Morgan fingerprint density at radius 2 is 1.62 bits per heavy atom. The Hall–Kier alpha value is -2.82. The Labute approximate surface area is 193 Å². The number of carbonyl (C=O) groups is 2. The molecule has 0 aliphatic rings. The van der Waals surface area contributed by atoms with Gasteiger partial charge in [0.1, 0.15) is 0 Å². The van der Waals surface area contributed by atoms with Gasteiger partial charge < -0.3 is 15.1 Å². The van der Waals surface area contributed by atoms with E-state index in [4.69, 9.17) is 0 Å². The van der Waals surface area contributed by atoms with Crippen LogP contribution in [0.1, 0.15) is 64.5 Å². The van der Waals surface area contributed by atoms with Gasteiger partial charge in [0.05, 0.1) is 5.92 Å². The van der Waals surface area contributed by atoms with E-state index in [-0.39, 0.29) is 23.8 Å². The predicted octanol–water partition coefficient (Wildman–Crippen LogP) is 5.67. The van der Waals surface area contributed by atoms with Crippen LogP contribution in [0.5, 0.6) is 0 Å². The molecule has 174 valence electrons. The summed E-state index contributed by atoms with van der Waals surface area (Å²) in [7, 11) is 4.00. The van der Waals surface area contributed by atoms with Crippen molar-refractivity contribution in [2.45, 2.75) is 66.0 Å². The average molecular weight is 438 g/mol. The first kappa shape index (κ1) is 25.4. The van der Waals surface area contributed by atoms with Crippen LogP contribution < -0.4 is 10.2 Å². The number of hydrogen-bond acceptors (Lipinski definition) is 3. The number of anilines is 2. The van der Waals surface area contributed by atoms with E-state index in [2.05, 4.69) is 37.9 Å². The average Bonchev–Trinajstić information content (AvgIpc) is 2.77. The lowest BCUT2D eigenvalue weighted by molar-refractivity contribution is -0.136. The number of rotatable bonds is 10. The second-order valence-corrected chi connectivity index (χ2v) is 8.96. The standard InChI is InChI=1S/C27H39N3O2/c1-8-24(21-13-11-10-12-14-21)27(32)30(20(5)19(3)4)18-22-17-23(28-26(31)9-2)15-16-25(22)29(6)7/h10-17,19-20,24H,8-9,18H2,1-7H3,(H,28,31)/t20-,24+/m1/s1. The Kier molecular flexibility index (Phi) is 9.30. The zero-order chi connectivity index (χ0) is 23.8. The highest BCUT2D eigenvalue weighted by Crippen LogP contribution is 2.30. The smallest absolute Gasteiger partial charge is 0.230 e. The van der Waals surface area contributed by atoms with Crippen molar-refractivity contribution in [2.75, 3.05) is 24.3 Å². The lowest BCUT2D eigenvalue weighted by Crippen LogP contribution is -2.43. The van der Waals surface area contributed by atoms with Crippen LogP contribution in [0.15, 0.2) is 48.5 Å². The zero-order valence-electron chi connectivity index (χ0n) is 20.7. The summed E-state index contributed by atoms with van der Waals surface area (Å²) in [5.41, 5.74) is 3.88. The summed E-state index contributed by atoms with van der Waals surface area (Å²) in [6.45, 7) is 10.8. The van der Waals surface area contributed by atoms with Gasteiger partial charge in [0, 0.05) is 44.5 Å². The van der Waals surface area contributed by atoms with E-state index in [1.165, 1.54) is 0 Å². The number of hydrogen-bond donors (Lipinski definition) is 1. The molecule has 0 radical (unpaired) electrons. The van der Waals surface area contributed by atoms with Crippen LogP contribution >= 0.6 is 0 Å². The molecular formula is C27H39N3O2. The summed E-state index contributed by atoms with van der Waals surface area (Å²) < 4.78 is 0. The fourth-order valence-corrected chi connectivity index (χ4v) is 3.88. The predicted molar refractivity (Wildman–Crippen MR) is 134 cm³/mol. The van der Waals surface area contributed by atoms with E-state index >= 15 is 0 Å². The molecule has 2 aromatic rings. The van der Waals surface area contributed by atoms with E-state index in [1.807, 2.05) is 74.4 Å². The highest BCUT2D eigenvalue weighted by Gasteiger charge is 2.30. The third kappa shape index (κ3) is 6.35. The monoisotopic (exact) mass is 437 g/mol. The number of nitrogens with zero attached hydrogens (tertiary/aromatic N) is 2. The lowest BCUT2D eigenvalue weighted by atomic mass is 9.92. The van der Waals surface area contributed by atoms with E-state index < -0.39 is 0 Å². The van der Waals surface area contributed by atoms with Gasteiger partial charge in [-0.3, -0.25) is 9.59 Å². The van der Waals surface area contributed by atoms with E-state index in [9.17, 15) is 9.59 Å². The third-order valence-electron chi connectivity index (χ3n) is 6.15. The van der Waals surface area contributed by atoms with Gasteiger partial charge in [0.25, 0.3) is 0 Å². The maximum absolute atomic E-state index is 13.9. The summed E-state index contributed by atoms with van der Waals surface area (Å²) in [6, 6.07) is 16.0. The molecule has 5 nitrogen and oxygen atoms in total. The molecule has 0 bridgehead atoms. The molecule has 0 saturated heterocycles. The lowest BCUT2D eigenvalue weighted by Gasteiger charge is -2.36. The van der Waals surface area contributed by atoms with Crippen LogP contribution in [0.25, 0.3) is 0 Å². The molecule has 2 rings (SSSR count). The Balaban J connectivity index is 2.46. The second kappa shape index (κ2) is 11.7. The van der Waals surface area contributed by atoms with E-state index in [0.29, 0.717) is 18.9 Å². The highest BCUT2D eigenvalue weighted by molar-refractivity contribution is 5.91. The molecule has 2 atom stereocenters. The topological polar surface area (TPSA) is 52.7 Å². The summed E-state index contributed by atoms with van der Waals surface area (Å²) in [5.74, 6) is 0.265. The largest absolute Gasteiger partial charge is 0.377 e. The van der Waals surface area contributed by atoms with Crippen molar-refractivity contribution in [3.63, 3.8) is 0 Å². The molecule has 1 N–H and O–H groups in total. The highest BCUT2D eigenvalue weighted by atomic mass is 16.2. The van der Waals surface area contributed by atoms with Gasteiger partial charge in [-0.2, -0.15) is 0 Å². The second-order valence-electron chi connectivity index (χ2n) is 8.96. The number of carbonyl (C=O) groups excluding carboxylic acids is 2. The first-order valence-electron chi connectivity index (χ1n) is 11.6. The number of nitrogens with one attached hydrogen (secondary N) is 1. The number of amides is 2. The van der Waals surface area contributed by atoms with Gasteiger partial charge in [0.2, 0.25) is 11.8 Å². The van der Waals surface area contributed by atoms with Gasteiger partial charge in [-0.25, -0.2) is 0 Å². The molecule has 2 amide bonds. The summed E-state index contributed by atoms with van der Waals surface area (Å²) in [4.78, 5) is 29.9. The molecule has 0 spiro atoms. The van der Waals surface area contributed by atoms with Crippen molar-refractivity contribution in [1.82, 2.24) is 4.90 Å². The van der Waals surface area contributed by atoms with Gasteiger partial charge in [-0.05, 0) is 48.6 Å². The summed E-state index contributed by atoms with van der Waals surface area (Å²) in [5, 5.41) is 2.95. The van der Waals surface area contributed by atoms with Crippen molar-refractivity contribution in [1.29, 1.82) is 0 Å². The Bertz CT molecular complexity index is 893. The SMILES string of the molecule is CCC(=O)Nc1ccc(N(C)C)c(CN(C(=O)[C@@H](CC)c2ccccc2)[C@H](C)C(C)C)c1. The molecular weight excluding hydrogens is 398 g/mol. The first-order valence-corrected chi connectivity index (χ1v) is 11.6. The molecule has 0 aliphatic heterocycles. The third-order valence-corrected chi connectivity index (χ3v) is 6.15. The summed E-state index contributed by atoms with van der Waals surface area (Å²) >= 11 is 0. The minimum absolute atomic E-state index is 0.0211. The molecule has 0 heterocycles. The number of benzene rings is 2. The van der Waals surface area contributed by atoms with Gasteiger partial charge in [-0.1, -0.05) is 58.0 Å². The molecule has 0 unspecified atom stereocenters. The van der Waals surface area contributed by atoms with Crippen molar-refractivity contribution >= 4 is 23.2 Å². The van der Waals surface area contributed by atoms with Crippen LogP contribution in [0.3, 0.4) is 0 Å². The van der Waals surface area contributed by atoms with E-state index in [0.717, 1.165) is 28.9 Å². The molecule has 0 aromatic heterocycles. The van der Waals surface area contributed by atoms with Gasteiger partial charge in [-0.15, -0.1) is 0 Å². The molecule has 32 heavy (non-hydrogen) atoms. The zero-order valence-corrected chi connectivity index (χ0v) is 20.7. The van der Waals surface area contributed by atoms with E-state index in [1.54, 1.807) is 0 Å². The van der Waals surface area contributed by atoms with Crippen LogP contribution in [-0.2, 0) is 16.1 Å². The maximum Gasteiger partial charge on any atom is 0.230 e. The quantitative estimate of drug-likeness (QED) is 0.521. The normalized spacial score (nSPS) is 12.9. The van der Waals surface area contributed by atoms with Crippen LogP contribution in [0.4, 0.5) is 11.4 Å². The van der Waals surface area contributed by atoms with Crippen molar-refractivity contribution in [2.24, 2.45) is 5.92 Å². The molecule has 0 aliphatic carbocycles. The maximum atomic E-state index is 13.9. The molecule has 2 aromatic carbocycles. The van der Waals surface area contributed by atoms with Crippen LogP contribution in [0, 0.1) is 5.92 Å². The molecule has 0 fully saturated rings.